The van der Waals surface area contributed by atoms with Gasteiger partial charge in [-0.15, -0.1) is 11.3 Å². The summed E-state index contributed by atoms with van der Waals surface area (Å²) in [7, 11) is 1.84. The Morgan fingerprint density at radius 3 is 2.75 bits per heavy atom. The summed E-state index contributed by atoms with van der Waals surface area (Å²) in [5, 5.41) is 9.69. The molecular formula is C15H17N7OS. The predicted octanol–water partition coefficient (Wildman–Crippen LogP) is 1.46. The number of nitrogens with zero attached hydrogens (tertiary/aromatic N) is 5. The summed E-state index contributed by atoms with van der Waals surface area (Å²) >= 11 is 1.45. The van der Waals surface area contributed by atoms with Crippen molar-refractivity contribution < 1.29 is 4.79 Å². The zero-order valence-corrected chi connectivity index (χ0v) is 14.4. The van der Waals surface area contributed by atoms with E-state index in [1.165, 1.54) is 11.3 Å². The van der Waals surface area contributed by atoms with E-state index in [4.69, 9.17) is 5.73 Å². The second kappa shape index (κ2) is 6.36. The van der Waals surface area contributed by atoms with Crippen LogP contribution in [0.25, 0.3) is 10.7 Å². The Kier molecular flexibility index (Phi) is 4.26. The molecule has 3 heterocycles. The first-order valence-corrected chi connectivity index (χ1v) is 8.14. The van der Waals surface area contributed by atoms with Crippen LogP contribution in [0.2, 0.25) is 0 Å². The summed E-state index contributed by atoms with van der Waals surface area (Å²) in [6, 6.07) is 1.60. The molecule has 1 amide bonds. The molecule has 0 aromatic carbocycles. The Morgan fingerprint density at radius 2 is 2.12 bits per heavy atom. The third-order valence-electron chi connectivity index (χ3n) is 3.37. The van der Waals surface area contributed by atoms with Gasteiger partial charge in [-0.05, 0) is 19.9 Å². The number of carbonyl (C=O) groups excluding carboxylic acids is 1. The monoisotopic (exact) mass is 343 g/mol. The highest BCUT2D eigenvalue weighted by molar-refractivity contribution is 7.13. The van der Waals surface area contributed by atoms with E-state index in [9.17, 15) is 4.79 Å². The lowest BCUT2D eigenvalue weighted by atomic mass is 10.2. The third-order valence-corrected chi connectivity index (χ3v) is 4.35. The summed E-state index contributed by atoms with van der Waals surface area (Å²) in [6.07, 6.45) is 1.87. The van der Waals surface area contributed by atoms with Gasteiger partial charge in [-0.25, -0.2) is 15.0 Å². The molecule has 0 atom stereocenters. The maximum Gasteiger partial charge on any atom is 0.270 e. The number of hydrogen-bond donors (Lipinski definition) is 2. The minimum atomic E-state index is -0.318. The van der Waals surface area contributed by atoms with Gasteiger partial charge in [0, 0.05) is 36.4 Å². The number of rotatable bonds is 4. The minimum absolute atomic E-state index is 0.0445. The molecule has 0 aliphatic carbocycles. The summed E-state index contributed by atoms with van der Waals surface area (Å²) in [6.45, 7) is 4.16. The maximum absolute atomic E-state index is 12.4. The van der Waals surface area contributed by atoms with E-state index >= 15 is 0 Å². The van der Waals surface area contributed by atoms with Gasteiger partial charge in [0.15, 0.2) is 0 Å². The van der Waals surface area contributed by atoms with Crippen molar-refractivity contribution in [3.05, 3.63) is 40.3 Å². The van der Waals surface area contributed by atoms with Crippen molar-refractivity contribution in [3.8, 4) is 10.7 Å². The highest BCUT2D eigenvalue weighted by atomic mass is 32.1. The number of aromatic nitrogens is 5. The number of nitrogen functional groups attached to an aromatic ring is 1. The van der Waals surface area contributed by atoms with E-state index in [0.29, 0.717) is 17.2 Å². The second-order valence-corrected chi connectivity index (χ2v) is 6.24. The second-order valence-electron chi connectivity index (χ2n) is 5.39. The largest absolute Gasteiger partial charge is 0.368 e. The first kappa shape index (κ1) is 16.1. The standard InChI is InChI=1S/C15H17N7OS/c1-8-7-24-14(18-8)12-4-11(19-15(16)20-12)13(23)17-5-10-6-22(3)21-9(10)2/h4,6-7H,5H2,1-3H3,(H,17,23)(H2,16,19,20). The fourth-order valence-corrected chi connectivity index (χ4v) is 3.01. The Labute approximate surface area is 142 Å². The van der Waals surface area contributed by atoms with E-state index < -0.39 is 0 Å². The van der Waals surface area contributed by atoms with Crippen molar-refractivity contribution in [3.63, 3.8) is 0 Å². The summed E-state index contributed by atoms with van der Waals surface area (Å²) < 4.78 is 1.71. The fourth-order valence-electron chi connectivity index (χ4n) is 2.25. The van der Waals surface area contributed by atoms with Crippen molar-refractivity contribution in [2.75, 3.05) is 5.73 Å². The highest BCUT2D eigenvalue weighted by Gasteiger charge is 2.14. The normalized spacial score (nSPS) is 10.8. The van der Waals surface area contributed by atoms with Crippen LogP contribution in [-0.2, 0) is 13.6 Å². The average Bonchev–Trinajstić information content (AvgIpc) is 3.09. The number of nitrogens with two attached hydrogens (primary N) is 1. The van der Waals surface area contributed by atoms with Gasteiger partial charge in [0.25, 0.3) is 5.91 Å². The molecule has 0 aliphatic rings. The Bertz CT molecular complexity index is 899. The SMILES string of the molecule is Cc1csc(-c2cc(C(=O)NCc3cn(C)nc3C)nc(N)n2)n1. The van der Waals surface area contributed by atoms with Crippen LogP contribution in [0.1, 0.15) is 27.4 Å². The first-order chi connectivity index (χ1) is 11.4. The molecule has 0 unspecified atom stereocenters. The zero-order valence-electron chi connectivity index (χ0n) is 13.6. The Morgan fingerprint density at radius 1 is 1.33 bits per heavy atom. The van der Waals surface area contributed by atoms with Crippen LogP contribution < -0.4 is 11.1 Å². The van der Waals surface area contributed by atoms with E-state index in [1.807, 2.05) is 32.5 Å². The van der Waals surface area contributed by atoms with Crippen LogP contribution in [-0.4, -0.2) is 30.6 Å². The molecule has 0 spiro atoms. The lowest BCUT2D eigenvalue weighted by molar-refractivity contribution is 0.0946. The van der Waals surface area contributed by atoms with Gasteiger partial charge in [0.2, 0.25) is 5.95 Å². The molecule has 3 aromatic rings. The van der Waals surface area contributed by atoms with Crippen LogP contribution >= 0.6 is 11.3 Å². The van der Waals surface area contributed by atoms with Gasteiger partial charge in [-0.2, -0.15) is 5.10 Å². The topological polar surface area (TPSA) is 112 Å². The summed E-state index contributed by atoms with van der Waals surface area (Å²) in [4.78, 5) is 24.9. The van der Waals surface area contributed by atoms with Crippen LogP contribution in [0.3, 0.4) is 0 Å². The quantitative estimate of drug-likeness (QED) is 0.742. The van der Waals surface area contributed by atoms with Crippen molar-refractivity contribution in [2.45, 2.75) is 20.4 Å². The molecule has 124 valence electrons. The van der Waals surface area contributed by atoms with Gasteiger partial charge in [-0.1, -0.05) is 0 Å². The smallest absolute Gasteiger partial charge is 0.270 e. The van der Waals surface area contributed by atoms with Crippen molar-refractivity contribution in [1.82, 2.24) is 30.0 Å². The van der Waals surface area contributed by atoms with E-state index in [2.05, 4.69) is 25.4 Å². The number of carbonyl (C=O) groups is 1. The molecular weight excluding hydrogens is 326 g/mol. The molecule has 3 rings (SSSR count). The van der Waals surface area contributed by atoms with E-state index in [0.717, 1.165) is 17.0 Å². The number of anilines is 1. The number of aryl methyl sites for hydroxylation is 3. The molecule has 0 radical (unpaired) electrons. The number of thiazole rings is 1. The molecule has 3 N–H and O–H groups in total. The van der Waals surface area contributed by atoms with E-state index in [-0.39, 0.29) is 17.5 Å². The van der Waals surface area contributed by atoms with Gasteiger partial charge in [0.05, 0.1) is 5.69 Å². The molecule has 24 heavy (non-hydrogen) atoms. The lowest BCUT2D eigenvalue weighted by Crippen LogP contribution is -2.24. The molecule has 0 fully saturated rings. The van der Waals surface area contributed by atoms with Crippen LogP contribution in [0.15, 0.2) is 17.6 Å². The van der Waals surface area contributed by atoms with Crippen LogP contribution in [0, 0.1) is 13.8 Å². The predicted molar refractivity (Wildman–Crippen MR) is 91.4 cm³/mol. The van der Waals surface area contributed by atoms with Crippen LogP contribution in [0.5, 0.6) is 0 Å². The third kappa shape index (κ3) is 3.40. The van der Waals surface area contributed by atoms with Crippen molar-refractivity contribution in [1.29, 1.82) is 0 Å². The number of hydrogen-bond acceptors (Lipinski definition) is 7. The lowest BCUT2D eigenvalue weighted by Gasteiger charge is -2.06. The van der Waals surface area contributed by atoms with Crippen molar-refractivity contribution in [2.24, 2.45) is 7.05 Å². The minimum Gasteiger partial charge on any atom is -0.368 e. The van der Waals surface area contributed by atoms with Gasteiger partial charge < -0.3 is 11.1 Å². The average molecular weight is 343 g/mol. The molecule has 0 bridgehead atoms. The molecule has 0 saturated carbocycles. The molecule has 8 nitrogen and oxygen atoms in total. The van der Waals surface area contributed by atoms with Gasteiger partial charge >= 0.3 is 0 Å². The van der Waals surface area contributed by atoms with Gasteiger partial charge in [-0.3, -0.25) is 9.48 Å². The molecule has 9 heteroatoms. The Hall–Kier alpha value is -2.81. The summed E-state index contributed by atoms with van der Waals surface area (Å²) in [5.41, 5.74) is 9.21. The Balaban J connectivity index is 1.79. The number of amides is 1. The highest BCUT2D eigenvalue weighted by Crippen LogP contribution is 2.22. The maximum atomic E-state index is 12.4. The molecule has 3 aromatic heterocycles. The van der Waals surface area contributed by atoms with E-state index in [1.54, 1.807) is 10.7 Å². The number of nitrogens with one attached hydrogen (secondary N) is 1. The molecule has 0 aliphatic heterocycles. The van der Waals surface area contributed by atoms with Gasteiger partial charge in [0.1, 0.15) is 16.4 Å². The van der Waals surface area contributed by atoms with Crippen LogP contribution in [0.4, 0.5) is 5.95 Å². The molecule has 0 saturated heterocycles. The summed E-state index contributed by atoms with van der Waals surface area (Å²) in [5.74, 6) is -0.273. The van der Waals surface area contributed by atoms with Crippen molar-refractivity contribution >= 4 is 23.2 Å². The fraction of sp³-hybridized carbons (Fsp3) is 0.267. The first-order valence-electron chi connectivity index (χ1n) is 7.27. The zero-order chi connectivity index (χ0) is 17.3.